The van der Waals surface area contributed by atoms with Crippen LogP contribution in [0.25, 0.3) is 0 Å². The maximum Gasteiger partial charge on any atom is 0.338 e. The first kappa shape index (κ1) is 92.3. The predicted molar refractivity (Wildman–Crippen MR) is 462 cm³/mol. The highest BCUT2D eigenvalue weighted by Gasteiger charge is 2.60. The second-order valence-electron chi connectivity index (χ2n) is 30.6. The molecule has 0 amide bonds. The highest BCUT2D eigenvalue weighted by molar-refractivity contribution is 5.94. The van der Waals surface area contributed by atoms with Crippen molar-refractivity contribution in [1.82, 2.24) is 0 Å². The molecule has 10 aromatic carbocycles. The van der Waals surface area contributed by atoms with Crippen molar-refractivity contribution >= 4 is 59.7 Å². The molecular weight excluding hydrogens is 1640 g/mol. The van der Waals surface area contributed by atoms with Gasteiger partial charge in [0.05, 0.1) is 62.2 Å². The van der Waals surface area contributed by atoms with Gasteiger partial charge in [0.15, 0.2) is 67.7 Å². The first-order valence-corrected chi connectivity index (χ1v) is 43.0. The van der Waals surface area contributed by atoms with Gasteiger partial charge >= 0.3 is 59.7 Å². The summed E-state index contributed by atoms with van der Waals surface area (Å²) in [6, 6.07) is 77.3. The lowest BCUT2D eigenvalue weighted by Crippen LogP contribution is -2.68. The fourth-order valence-electron chi connectivity index (χ4n) is 14.9. The molecule has 3 aliphatic rings. The number of carbonyl (C=O) groups excluding carboxylic acids is 10. The average molecular weight is 1740 g/mol. The molecule has 3 aliphatic heterocycles. The molecule has 26 heteroatoms. The molecular formula is C102H100O26. The Labute approximate surface area is 741 Å². The molecule has 0 aliphatic carbocycles. The van der Waals surface area contributed by atoms with Gasteiger partial charge in [-0.05, 0) is 128 Å². The van der Waals surface area contributed by atoms with Gasteiger partial charge in [-0.25, -0.2) is 47.9 Å². The molecule has 0 radical (unpaired) electrons. The summed E-state index contributed by atoms with van der Waals surface area (Å²) in [5.41, 5.74) is -0.0752. The lowest BCUT2D eigenvalue weighted by molar-refractivity contribution is -0.363. The van der Waals surface area contributed by atoms with E-state index in [1.54, 1.807) is 182 Å². The molecule has 0 N–H and O–H groups in total. The summed E-state index contributed by atoms with van der Waals surface area (Å²) in [5, 5.41) is 0. The Hall–Kier alpha value is -13.3. The van der Waals surface area contributed by atoms with E-state index >= 15 is 24.0 Å². The van der Waals surface area contributed by atoms with Crippen LogP contribution in [0.15, 0.2) is 303 Å². The molecule has 664 valence electrons. The Bertz CT molecular complexity index is 5180. The van der Waals surface area contributed by atoms with Gasteiger partial charge in [0, 0.05) is 6.61 Å². The van der Waals surface area contributed by atoms with Crippen molar-refractivity contribution in [2.75, 3.05) is 26.4 Å². The van der Waals surface area contributed by atoms with Crippen LogP contribution in [0.2, 0.25) is 0 Å². The third-order valence-corrected chi connectivity index (χ3v) is 21.6. The van der Waals surface area contributed by atoms with E-state index in [1.807, 2.05) is 0 Å². The third kappa shape index (κ3) is 25.9. The second kappa shape index (κ2) is 47.8. The molecule has 13 rings (SSSR count). The van der Waals surface area contributed by atoms with Crippen LogP contribution >= 0.6 is 0 Å². The zero-order valence-corrected chi connectivity index (χ0v) is 70.5. The summed E-state index contributed by atoms with van der Waals surface area (Å²) in [5.74, 6) is -10.1. The highest BCUT2D eigenvalue weighted by atomic mass is 16.8. The van der Waals surface area contributed by atoms with E-state index in [1.165, 1.54) is 141 Å². The second-order valence-corrected chi connectivity index (χ2v) is 30.6. The maximum atomic E-state index is 15.6. The minimum Gasteiger partial charge on any atom is -0.459 e. The monoisotopic (exact) mass is 1740 g/mol. The van der Waals surface area contributed by atoms with E-state index in [0.29, 0.717) is 12.8 Å². The topological polar surface area (TPSA) is 318 Å². The summed E-state index contributed by atoms with van der Waals surface area (Å²) >= 11 is 0. The summed E-state index contributed by atoms with van der Waals surface area (Å²) in [7, 11) is 0. The van der Waals surface area contributed by atoms with Gasteiger partial charge in [0.2, 0.25) is 0 Å². The third-order valence-electron chi connectivity index (χ3n) is 21.6. The van der Waals surface area contributed by atoms with Crippen LogP contribution in [0.4, 0.5) is 0 Å². The van der Waals surface area contributed by atoms with Crippen LogP contribution in [-0.4, -0.2) is 178 Å². The molecule has 0 saturated carbocycles. The van der Waals surface area contributed by atoms with E-state index in [9.17, 15) is 24.0 Å². The number of rotatable bonds is 41. The van der Waals surface area contributed by atoms with Crippen molar-refractivity contribution in [2.45, 2.75) is 176 Å². The summed E-state index contributed by atoms with van der Waals surface area (Å²) in [6.07, 6.45) is -17.9. The number of ether oxygens (including phenoxy) is 16. The molecule has 26 nitrogen and oxygen atoms in total. The minimum absolute atomic E-state index is 0.00984. The number of unbranched alkanes of at least 4 members (excludes halogenated alkanes) is 11. The van der Waals surface area contributed by atoms with Crippen molar-refractivity contribution < 1.29 is 124 Å². The van der Waals surface area contributed by atoms with Gasteiger partial charge in [-0.3, -0.25) is 0 Å². The number of hydrogen-bond donors (Lipinski definition) is 0. The fraction of sp³-hybridized carbons (Fsp3) is 0.314. The molecule has 3 fully saturated rings. The van der Waals surface area contributed by atoms with Crippen molar-refractivity contribution in [3.8, 4) is 0 Å². The molecule has 0 aromatic heterocycles. The zero-order valence-electron chi connectivity index (χ0n) is 70.5. The number of benzene rings is 10. The lowest BCUT2D eigenvalue weighted by Gasteiger charge is -2.49. The van der Waals surface area contributed by atoms with Gasteiger partial charge in [-0.2, -0.15) is 0 Å². The van der Waals surface area contributed by atoms with E-state index in [2.05, 4.69) is 6.92 Å². The Kier molecular flexibility index (Phi) is 34.5. The smallest absolute Gasteiger partial charge is 0.338 e. The van der Waals surface area contributed by atoms with Crippen LogP contribution in [0.1, 0.15) is 188 Å². The normalized spacial score (nSPS) is 21.7. The molecule has 128 heavy (non-hydrogen) atoms. The zero-order chi connectivity index (χ0) is 89.2. The molecule has 0 unspecified atom stereocenters. The molecule has 0 spiro atoms. The van der Waals surface area contributed by atoms with Gasteiger partial charge in [0.1, 0.15) is 37.6 Å². The van der Waals surface area contributed by atoms with Gasteiger partial charge < -0.3 is 75.8 Å². The van der Waals surface area contributed by atoms with Crippen molar-refractivity contribution in [3.05, 3.63) is 359 Å². The molecule has 0 bridgehead atoms. The summed E-state index contributed by atoms with van der Waals surface area (Å²) < 4.78 is 107. The van der Waals surface area contributed by atoms with E-state index in [4.69, 9.17) is 75.8 Å². The Morgan fingerprint density at radius 3 is 0.695 bits per heavy atom. The Balaban J connectivity index is 0.969. The van der Waals surface area contributed by atoms with E-state index in [-0.39, 0.29) is 62.2 Å². The fourth-order valence-corrected chi connectivity index (χ4v) is 14.9. The van der Waals surface area contributed by atoms with Gasteiger partial charge in [-0.1, -0.05) is 260 Å². The SMILES string of the molecule is CCCCCCCCCCCCCCO[C@H]1O[C@H](CO[C@H]2O[C@H](COC(=O)c3ccccc3)[C@@H](OC(=O)c3ccccc3)[C@H](OC(=O)c3ccccc3)[C@@H]2OC(=O)c2ccccc2)[C@@H](OC(=O)c2ccccc2)[C@H](O[C@H]2O[C@H](COC(=O)c3ccccc3)[C@@H](OC(=O)c3ccccc3)[C@H](OC(=O)c3ccccc3)[C@@H]2OC(=O)c2ccccc2)[C@@H]1OC(=O)c1ccccc1. The van der Waals surface area contributed by atoms with Crippen molar-refractivity contribution in [1.29, 1.82) is 0 Å². The van der Waals surface area contributed by atoms with E-state index in [0.717, 1.165) is 44.9 Å². The molecule has 15 atom stereocenters. The molecule has 10 aromatic rings. The van der Waals surface area contributed by atoms with Crippen molar-refractivity contribution in [3.63, 3.8) is 0 Å². The van der Waals surface area contributed by atoms with Crippen molar-refractivity contribution in [2.24, 2.45) is 0 Å². The first-order chi connectivity index (χ1) is 62.6. The number of hydrogen-bond acceptors (Lipinski definition) is 26. The molecule has 3 saturated heterocycles. The molecule has 3 heterocycles. The maximum absolute atomic E-state index is 15.6. The number of carbonyl (C=O) groups is 10. The minimum atomic E-state index is -2.25. The van der Waals surface area contributed by atoms with E-state index < -0.39 is 172 Å². The standard InChI is InChI=1S/C102H100O26/c1-2-3-4-5-6-7-8-9-10-11-12-43-64-113-100-88(126-98(111)76-60-39-21-40-61-76)86(128-102-89(127-99(112)77-62-41-22-42-63-77)85(124-96(109)74-56-35-19-36-57-74)82(121-93(106)71-50-29-16-30-51-71)79(119-102)66-115-91(104)69-46-25-14-26-47-69)83(122-94(107)72-52-31-17-32-53-72)80(117-100)67-116-101-87(125-97(110)75-58-37-20-38-59-75)84(123-95(108)73-54-33-18-34-55-73)81(120-92(105)70-48-27-15-28-49-70)78(118-101)65-114-90(103)68-44-23-13-24-45-68/h13-42,44-63,78-89,100-102H,2-12,43,64-67H2,1H3/t78-,79-,80-,81-,82-,83-,84+,85+,86+,87+,88+,89+,100+,101+,102-/m1/s1. The van der Waals surface area contributed by atoms with Crippen LogP contribution in [0.5, 0.6) is 0 Å². The summed E-state index contributed by atoms with van der Waals surface area (Å²) in [6.45, 7) is -0.478. The van der Waals surface area contributed by atoms with Crippen LogP contribution < -0.4 is 0 Å². The Morgan fingerprint density at radius 2 is 0.414 bits per heavy atom. The number of esters is 10. The first-order valence-electron chi connectivity index (χ1n) is 43.0. The predicted octanol–water partition coefficient (Wildman–Crippen LogP) is 16.8. The average Bonchev–Trinajstić information content (AvgIpc) is 0.756. The van der Waals surface area contributed by atoms with Crippen LogP contribution in [0.3, 0.4) is 0 Å². The lowest BCUT2D eigenvalue weighted by atomic mass is 9.95. The van der Waals surface area contributed by atoms with Gasteiger partial charge in [0.25, 0.3) is 0 Å². The quantitative estimate of drug-likeness (QED) is 0.0195. The van der Waals surface area contributed by atoms with Gasteiger partial charge in [-0.15, -0.1) is 0 Å². The van der Waals surface area contributed by atoms with Crippen LogP contribution in [-0.2, 0) is 75.8 Å². The Morgan fingerprint density at radius 1 is 0.211 bits per heavy atom. The largest absolute Gasteiger partial charge is 0.459 e. The highest BCUT2D eigenvalue weighted by Crippen LogP contribution is 2.40. The summed E-state index contributed by atoms with van der Waals surface area (Å²) in [4.78, 5) is 150. The van der Waals surface area contributed by atoms with Crippen LogP contribution in [0, 0.1) is 0 Å².